The quantitative estimate of drug-likeness (QED) is 0.529. The molecule has 0 fully saturated rings. The molecule has 2 aromatic carbocycles. The van der Waals surface area contributed by atoms with Crippen molar-refractivity contribution in [2.45, 2.75) is 19.8 Å². The number of nitrogens with zero attached hydrogens (tertiary/aromatic N) is 2. The summed E-state index contributed by atoms with van der Waals surface area (Å²) in [4.78, 5) is 0. The summed E-state index contributed by atoms with van der Waals surface area (Å²) >= 11 is 6.17. The highest BCUT2D eigenvalue weighted by molar-refractivity contribution is 6.30. The van der Waals surface area contributed by atoms with E-state index in [2.05, 4.69) is 19.9 Å². The minimum Gasteiger partial charge on any atom is -0.398 e. The topological polar surface area (TPSA) is 78.6 Å². The van der Waals surface area contributed by atoms with Gasteiger partial charge in [-0.2, -0.15) is 5.26 Å². The normalized spacial score (nSPS) is 11.0. The molecule has 0 aliphatic rings. The average Bonchev–Trinajstić information content (AvgIpc) is 2.87. The highest BCUT2D eigenvalue weighted by atomic mass is 35.5. The number of nitrogens with two attached hydrogens (primary N) is 1. The molecule has 0 radical (unpaired) electrons. The van der Waals surface area contributed by atoms with Gasteiger partial charge >= 0.3 is 0 Å². The zero-order valence-corrected chi connectivity index (χ0v) is 14.2. The third-order valence-electron chi connectivity index (χ3n) is 4.09. The summed E-state index contributed by atoms with van der Waals surface area (Å²) in [7, 11) is 0. The van der Waals surface area contributed by atoms with Crippen LogP contribution in [0, 0.1) is 16.7 Å². The molecule has 3 N–H and O–H groups in total. The van der Waals surface area contributed by atoms with Gasteiger partial charge in [-0.15, -0.1) is 0 Å². The minimum absolute atomic E-state index is 0.135. The van der Waals surface area contributed by atoms with Crippen LogP contribution in [0.4, 0.5) is 5.69 Å². The number of nitriles is 1. The molecule has 0 saturated heterocycles. The summed E-state index contributed by atoms with van der Waals surface area (Å²) in [5, 5.41) is 18.7. The van der Waals surface area contributed by atoms with Crippen LogP contribution in [0.1, 0.15) is 36.6 Å². The Balaban J connectivity index is 2.52. The van der Waals surface area contributed by atoms with Gasteiger partial charge in [0.25, 0.3) is 0 Å². The Labute approximate surface area is 145 Å². The van der Waals surface area contributed by atoms with E-state index in [-0.39, 0.29) is 5.92 Å². The van der Waals surface area contributed by atoms with Crippen molar-refractivity contribution in [2.75, 3.05) is 5.73 Å². The molecule has 0 bridgehead atoms. The smallest absolute Gasteiger partial charge is 0.102 e. The van der Waals surface area contributed by atoms with Crippen LogP contribution in [-0.2, 0) is 0 Å². The third kappa shape index (κ3) is 2.44. The van der Waals surface area contributed by atoms with Gasteiger partial charge in [-0.05, 0) is 36.2 Å². The largest absolute Gasteiger partial charge is 0.398 e. The van der Waals surface area contributed by atoms with Gasteiger partial charge in [0, 0.05) is 39.3 Å². The molecule has 0 unspecified atom stereocenters. The summed E-state index contributed by atoms with van der Waals surface area (Å²) < 4.78 is 2.04. The molecule has 0 spiro atoms. The number of anilines is 1. The molecule has 5 heteroatoms. The van der Waals surface area contributed by atoms with Crippen LogP contribution in [0.3, 0.4) is 0 Å². The van der Waals surface area contributed by atoms with Crippen molar-refractivity contribution in [3.05, 3.63) is 58.2 Å². The molecule has 120 valence electrons. The lowest BCUT2D eigenvalue weighted by Crippen LogP contribution is -2.03. The van der Waals surface area contributed by atoms with Gasteiger partial charge in [0.05, 0.1) is 11.1 Å². The number of nitrogens with one attached hydrogen (secondary N) is 1. The number of fused-ring (bicyclic) bond motifs is 1. The fourth-order valence-electron chi connectivity index (χ4n) is 3.07. The first kappa shape index (κ1) is 16.1. The van der Waals surface area contributed by atoms with Crippen LogP contribution in [0.15, 0.2) is 36.4 Å². The van der Waals surface area contributed by atoms with Gasteiger partial charge in [-0.3, -0.25) is 0 Å². The van der Waals surface area contributed by atoms with Crippen molar-refractivity contribution in [1.82, 2.24) is 4.57 Å². The monoisotopic (exact) mass is 336 g/mol. The van der Waals surface area contributed by atoms with E-state index >= 15 is 0 Å². The third-order valence-corrected chi connectivity index (χ3v) is 4.32. The summed E-state index contributed by atoms with van der Waals surface area (Å²) in [6, 6.07) is 13.5. The number of halogens is 1. The average molecular weight is 337 g/mol. The van der Waals surface area contributed by atoms with Gasteiger partial charge in [-0.1, -0.05) is 31.5 Å². The van der Waals surface area contributed by atoms with E-state index in [9.17, 15) is 5.26 Å². The molecule has 0 saturated carbocycles. The van der Waals surface area contributed by atoms with Gasteiger partial charge in [0.2, 0.25) is 0 Å². The van der Waals surface area contributed by atoms with Crippen molar-refractivity contribution >= 4 is 34.4 Å². The maximum atomic E-state index is 9.72. The first-order valence-electron chi connectivity index (χ1n) is 7.62. The fraction of sp³-hybridized carbons (Fsp3) is 0.158. The molecule has 24 heavy (non-hydrogen) atoms. The van der Waals surface area contributed by atoms with E-state index in [1.165, 1.54) is 6.21 Å². The van der Waals surface area contributed by atoms with Crippen LogP contribution in [0.5, 0.6) is 0 Å². The van der Waals surface area contributed by atoms with E-state index in [0.717, 1.165) is 22.3 Å². The Bertz CT molecular complexity index is 993. The number of benzene rings is 2. The van der Waals surface area contributed by atoms with E-state index in [1.54, 1.807) is 6.07 Å². The second-order valence-corrected chi connectivity index (χ2v) is 6.42. The highest BCUT2D eigenvalue weighted by Crippen LogP contribution is 2.36. The second-order valence-electron chi connectivity index (χ2n) is 5.98. The number of rotatable bonds is 3. The number of hydrogen-bond donors (Lipinski definition) is 2. The number of nitrogen functional groups attached to an aromatic ring is 1. The van der Waals surface area contributed by atoms with Gasteiger partial charge in [0.15, 0.2) is 0 Å². The highest BCUT2D eigenvalue weighted by Gasteiger charge is 2.21. The molecule has 0 aliphatic heterocycles. The summed E-state index contributed by atoms with van der Waals surface area (Å²) in [6.45, 7) is 4.11. The van der Waals surface area contributed by atoms with Crippen molar-refractivity contribution in [3.8, 4) is 11.8 Å². The van der Waals surface area contributed by atoms with Crippen LogP contribution in [0.25, 0.3) is 16.6 Å². The number of hydrogen-bond acceptors (Lipinski definition) is 3. The molecule has 0 aliphatic carbocycles. The lowest BCUT2D eigenvalue weighted by atomic mass is 10.0. The van der Waals surface area contributed by atoms with Gasteiger partial charge in [-0.25, -0.2) is 0 Å². The lowest BCUT2D eigenvalue weighted by molar-refractivity contribution is 0.792. The number of aromatic nitrogens is 1. The fourth-order valence-corrected chi connectivity index (χ4v) is 3.25. The van der Waals surface area contributed by atoms with Gasteiger partial charge < -0.3 is 15.7 Å². The molecule has 0 atom stereocenters. The van der Waals surface area contributed by atoms with Crippen molar-refractivity contribution in [2.24, 2.45) is 0 Å². The van der Waals surface area contributed by atoms with Crippen molar-refractivity contribution in [1.29, 1.82) is 10.7 Å². The van der Waals surface area contributed by atoms with Gasteiger partial charge in [0.1, 0.15) is 6.07 Å². The molecular formula is C19H17ClN4. The summed E-state index contributed by atoms with van der Waals surface area (Å²) in [6.07, 6.45) is 1.23. The first-order valence-corrected chi connectivity index (χ1v) is 8.00. The summed E-state index contributed by atoms with van der Waals surface area (Å²) in [5.41, 5.74) is 10.4. The van der Waals surface area contributed by atoms with E-state index in [1.807, 2.05) is 34.9 Å². The Hall–Kier alpha value is -2.77. The van der Waals surface area contributed by atoms with Crippen LogP contribution < -0.4 is 5.73 Å². The Morgan fingerprint density at radius 3 is 2.62 bits per heavy atom. The zero-order chi connectivity index (χ0) is 17.4. The Morgan fingerprint density at radius 2 is 2.04 bits per heavy atom. The molecule has 0 amide bonds. The van der Waals surface area contributed by atoms with E-state index in [0.29, 0.717) is 21.8 Å². The Morgan fingerprint density at radius 1 is 1.29 bits per heavy atom. The Kier molecular flexibility index (Phi) is 4.04. The maximum Gasteiger partial charge on any atom is 0.102 e. The van der Waals surface area contributed by atoms with Crippen LogP contribution >= 0.6 is 11.6 Å². The van der Waals surface area contributed by atoms with E-state index < -0.39 is 0 Å². The SMILES string of the molecule is CC(C)c1c(C#N)c2cc(N)c(C=N)cc2n1-c1cccc(Cl)c1. The molecular weight excluding hydrogens is 320 g/mol. The standard InChI is InChI=1S/C19H17ClN4/c1-11(2)19-16(10-22)15-8-17(23)12(9-21)6-18(15)24(19)14-5-3-4-13(20)7-14/h3-9,11,21H,23H2,1-2H3. The first-order chi connectivity index (χ1) is 11.5. The van der Waals surface area contributed by atoms with Crippen LogP contribution in [-0.4, -0.2) is 10.8 Å². The maximum absolute atomic E-state index is 9.72. The summed E-state index contributed by atoms with van der Waals surface area (Å²) in [5.74, 6) is 0.135. The predicted molar refractivity (Wildman–Crippen MR) is 99.4 cm³/mol. The van der Waals surface area contributed by atoms with Crippen molar-refractivity contribution in [3.63, 3.8) is 0 Å². The van der Waals surface area contributed by atoms with Crippen LogP contribution in [0.2, 0.25) is 5.02 Å². The molecule has 4 nitrogen and oxygen atoms in total. The zero-order valence-electron chi connectivity index (χ0n) is 13.5. The molecule has 3 aromatic rings. The predicted octanol–water partition coefficient (Wildman–Crippen LogP) is 4.86. The van der Waals surface area contributed by atoms with Crippen molar-refractivity contribution < 1.29 is 0 Å². The molecule has 1 aromatic heterocycles. The lowest BCUT2D eigenvalue weighted by Gasteiger charge is -2.14. The molecule has 1 heterocycles. The van der Waals surface area contributed by atoms with E-state index in [4.69, 9.17) is 22.7 Å². The minimum atomic E-state index is 0.135. The molecule has 3 rings (SSSR count). The second kappa shape index (κ2) is 6.03.